The van der Waals surface area contributed by atoms with Gasteiger partial charge in [-0.05, 0) is 37.1 Å². The molecule has 0 aliphatic carbocycles. The first kappa shape index (κ1) is 22.5. The van der Waals surface area contributed by atoms with Crippen LogP contribution in [0.4, 0.5) is 0 Å². The van der Waals surface area contributed by atoms with E-state index in [1.165, 1.54) is 12.2 Å². The van der Waals surface area contributed by atoms with E-state index in [-0.39, 0.29) is 5.75 Å². The molecule has 0 aliphatic heterocycles. The highest BCUT2D eigenvalue weighted by atomic mass is 35.5. The molecule has 2 rings (SSSR count). The summed E-state index contributed by atoms with van der Waals surface area (Å²) in [5.74, 6) is -0.0153. The van der Waals surface area contributed by atoms with Gasteiger partial charge in [-0.3, -0.25) is 4.79 Å². The van der Waals surface area contributed by atoms with Gasteiger partial charge in [-0.2, -0.15) is 0 Å². The molecule has 1 aromatic carbocycles. The second kappa shape index (κ2) is 10.1. The van der Waals surface area contributed by atoms with Crippen molar-refractivity contribution in [3.63, 3.8) is 0 Å². The number of sulfonamides is 1. The van der Waals surface area contributed by atoms with E-state index in [2.05, 4.69) is 4.98 Å². The minimum absolute atomic E-state index is 0.0595. The molecule has 0 saturated heterocycles. The van der Waals surface area contributed by atoms with Crippen LogP contribution in [0.1, 0.15) is 43.3 Å². The molecule has 1 amide bonds. The Morgan fingerprint density at radius 2 is 2.04 bits per heavy atom. The summed E-state index contributed by atoms with van der Waals surface area (Å²) in [6.07, 6.45) is 6.65. The average Bonchev–Trinajstić information content (AvgIpc) is 2.95. The van der Waals surface area contributed by atoms with Crippen molar-refractivity contribution in [2.75, 3.05) is 5.75 Å². The van der Waals surface area contributed by atoms with Crippen LogP contribution in [0.3, 0.4) is 0 Å². The lowest BCUT2D eigenvalue weighted by Crippen LogP contribution is -2.31. The fourth-order valence-corrected chi connectivity index (χ4v) is 4.08. The topological polar surface area (TPSA) is 81.1 Å². The van der Waals surface area contributed by atoms with E-state index in [0.717, 1.165) is 24.2 Å². The van der Waals surface area contributed by atoms with Gasteiger partial charge in [0.25, 0.3) is 5.91 Å². The Hall–Kier alpha value is -1.83. The van der Waals surface area contributed by atoms with Crippen LogP contribution < -0.4 is 4.72 Å². The van der Waals surface area contributed by atoms with Gasteiger partial charge in [0.2, 0.25) is 10.0 Å². The number of carbonyl (C=O) groups excluding carboxylic acids is 1. The Morgan fingerprint density at radius 3 is 2.71 bits per heavy atom. The summed E-state index contributed by atoms with van der Waals surface area (Å²) in [6.45, 7) is 4.32. The van der Waals surface area contributed by atoms with Crippen molar-refractivity contribution in [1.29, 1.82) is 0 Å². The highest BCUT2D eigenvalue weighted by molar-refractivity contribution is 7.90. The maximum atomic E-state index is 11.9. The highest BCUT2D eigenvalue weighted by Gasteiger charge is 2.12. The molecule has 0 aliphatic rings. The average molecular weight is 444 g/mol. The van der Waals surface area contributed by atoms with Crippen LogP contribution in [0.2, 0.25) is 10.0 Å². The van der Waals surface area contributed by atoms with E-state index in [1.807, 2.05) is 29.2 Å². The number of carbonyl (C=O) groups is 1. The molecule has 0 saturated carbocycles. The van der Waals surface area contributed by atoms with Crippen LogP contribution in [0.5, 0.6) is 0 Å². The number of imidazole rings is 1. The van der Waals surface area contributed by atoms with Crippen LogP contribution in [-0.4, -0.2) is 29.6 Å². The first-order chi connectivity index (χ1) is 13.2. The smallest absolute Gasteiger partial charge is 0.257 e. The van der Waals surface area contributed by atoms with Crippen molar-refractivity contribution in [2.45, 2.75) is 39.7 Å². The zero-order valence-corrected chi connectivity index (χ0v) is 18.1. The summed E-state index contributed by atoms with van der Waals surface area (Å²) < 4.78 is 27.6. The molecule has 28 heavy (non-hydrogen) atoms. The molecule has 1 heterocycles. The van der Waals surface area contributed by atoms with Crippen LogP contribution in [0, 0.1) is 6.92 Å². The number of hydrogen-bond acceptors (Lipinski definition) is 4. The summed E-state index contributed by atoms with van der Waals surface area (Å²) in [5, 5.41) is 1.13. The number of hydrogen-bond donors (Lipinski definition) is 1. The van der Waals surface area contributed by atoms with E-state index in [9.17, 15) is 13.2 Å². The monoisotopic (exact) mass is 443 g/mol. The van der Waals surface area contributed by atoms with E-state index in [4.69, 9.17) is 23.2 Å². The first-order valence-electron chi connectivity index (χ1n) is 8.90. The predicted octanol–water partition coefficient (Wildman–Crippen LogP) is 4.20. The molecule has 0 spiro atoms. The van der Waals surface area contributed by atoms with Gasteiger partial charge in [-0.25, -0.2) is 18.1 Å². The number of amides is 1. The summed E-state index contributed by atoms with van der Waals surface area (Å²) in [6, 6.07) is 5.29. The van der Waals surface area contributed by atoms with Crippen molar-refractivity contribution >= 4 is 45.2 Å². The third-order valence-electron chi connectivity index (χ3n) is 4.03. The molecule has 0 radical (unpaired) electrons. The third kappa shape index (κ3) is 6.96. The first-order valence-corrected chi connectivity index (χ1v) is 11.3. The fraction of sp³-hybridized carbons (Fsp3) is 0.368. The van der Waals surface area contributed by atoms with Crippen LogP contribution in [0.15, 0.2) is 30.5 Å². The lowest BCUT2D eigenvalue weighted by Gasteiger charge is -2.07. The fourth-order valence-electron chi connectivity index (χ4n) is 2.55. The number of unbranched alkanes of at least 4 members (excludes halogenated alkanes) is 2. The lowest BCUT2D eigenvalue weighted by atomic mass is 10.2. The Balaban J connectivity index is 2.01. The van der Waals surface area contributed by atoms with Crippen LogP contribution in [0.25, 0.3) is 6.08 Å². The van der Waals surface area contributed by atoms with E-state index in [0.29, 0.717) is 28.7 Å². The number of aromatic nitrogens is 2. The molecule has 9 heteroatoms. The maximum Gasteiger partial charge on any atom is 0.257 e. The highest BCUT2D eigenvalue weighted by Crippen LogP contribution is 2.22. The van der Waals surface area contributed by atoms with Crippen molar-refractivity contribution in [3.8, 4) is 0 Å². The molecule has 1 aromatic heterocycles. The second-order valence-electron chi connectivity index (χ2n) is 6.40. The van der Waals surface area contributed by atoms with Gasteiger partial charge in [0.1, 0.15) is 5.82 Å². The van der Waals surface area contributed by atoms with Gasteiger partial charge in [0.15, 0.2) is 0 Å². The molecule has 0 atom stereocenters. The Labute approximate surface area is 175 Å². The Morgan fingerprint density at radius 1 is 1.29 bits per heavy atom. The minimum atomic E-state index is -3.61. The van der Waals surface area contributed by atoms with Crippen molar-refractivity contribution in [3.05, 3.63) is 57.6 Å². The van der Waals surface area contributed by atoms with Crippen molar-refractivity contribution in [2.24, 2.45) is 0 Å². The van der Waals surface area contributed by atoms with E-state index >= 15 is 0 Å². The van der Waals surface area contributed by atoms with Gasteiger partial charge in [-0.1, -0.05) is 49.0 Å². The lowest BCUT2D eigenvalue weighted by molar-refractivity contribution is -0.114. The molecule has 0 unspecified atom stereocenters. The standard InChI is InChI=1S/C19H23Cl2N3O3S/c1-3-4-5-10-28(26,27)23-19(25)9-8-17-13-24(14(2)22-17)12-15-6-7-16(20)11-18(15)21/h6-9,11,13H,3-5,10,12H2,1-2H3,(H,23,25). The molecular formula is C19H23Cl2N3O3S. The number of benzene rings is 1. The van der Waals surface area contributed by atoms with Crippen molar-refractivity contribution < 1.29 is 13.2 Å². The predicted molar refractivity (Wildman–Crippen MR) is 113 cm³/mol. The zero-order valence-electron chi connectivity index (χ0n) is 15.8. The molecular weight excluding hydrogens is 421 g/mol. The van der Waals surface area contributed by atoms with Gasteiger partial charge < -0.3 is 4.57 Å². The molecule has 0 fully saturated rings. The molecule has 0 bridgehead atoms. The van der Waals surface area contributed by atoms with E-state index < -0.39 is 15.9 Å². The summed E-state index contributed by atoms with van der Waals surface area (Å²) in [7, 11) is -3.61. The molecule has 6 nitrogen and oxygen atoms in total. The normalized spacial score (nSPS) is 11.9. The summed E-state index contributed by atoms with van der Waals surface area (Å²) >= 11 is 12.1. The number of nitrogens with zero attached hydrogens (tertiary/aromatic N) is 2. The number of rotatable bonds is 9. The Kier molecular flexibility index (Phi) is 8.10. The Bertz CT molecular complexity index is 969. The number of nitrogens with one attached hydrogen (secondary N) is 1. The van der Waals surface area contributed by atoms with Gasteiger partial charge in [0, 0.05) is 22.3 Å². The van der Waals surface area contributed by atoms with Gasteiger partial charge in [0.05, 0.1) is 18.0 Å². The number of halogens is 2. The third-order valence-corrected chi connectivity index (χ3v) is 5.95. The van der Waals surface area contributed by atoms with Gasteiger partial charge in [-0.15, -0.1) is 0 Å². The van der Waals surface area contributed by atoms with Gasteiger partial charge >= 0.3 is 0 Å². The number of aryl methyl sites for hydroxylation is 1. The molecule has 1 N–H and O–H groups in total. The molecule has 152 valence electrons. The summed E-state index contributed by atoms with van der Waals surface area (Å²) in [4.78, 5) is 16.2. The zero-order chi connectivity index (χ0) is 20.7. The quantitative estimate of drug-likeness (QED) is 0.465. The van der Waals surface area contributed by atoms with Crippen molar-refractivity contribution in [1.82, 2.24) is 14.3 Å². The second-order valence-corrected chi connectivity index (χ2v) is 9.09. The minimum Gasteiger partial charge on any atom is -0.330 e. The maximum absolute atomic E-state index is 11.9. The SMILES string of the molecule is CCCCCS(=O)(=O)NC(=O)C=Cc1cn(Cc2ccc(Cl)cc2Cl)c(C)n1. The largest absolute Gasteiger partial charge is 0.330 e. The van der Waals surface area contributed by atoms with Crippen LogP contribution in [-0.2, 0) is 21.4 Å². The van der Waals surface area contributed by atoms with E-state index in [1.54, 1.807) is 18.3 Å². The molecule has 2 aromatic rings. The van der Waals surface area contributed by atoms with Crippen LogP contribution >= 0.6 is 23.2 Å². The summed E-state index contributed by atoms with van der Waals surface area (Å²) in [5.41, 5.74) is 1.43.